The number of aryl methyl sites for hydroxylation is 1. The van der Waals surface area contributed by atoms with E-state index in [9.17, 15) is 13.6 Å². The number of alkyl halides is 2. The van der Waals surface area contributed by atoms with Gasteiger partial charge in [0, 0.05) is 54.6 Å². The topological polar surface area (TPSA) is 73.9 Å². The number of amides is 1. The fourth-order valence-corrected chi connectivity index (χ4v) is 3.93. The van der Waals surface area contributed by atoms with Crippen molar-refractivity contribution in [1.29, 1.82) is 0 Å². The van der Waals surface area contributed by atoms with E-state index in [1.807, 2.05) is 0 Å². The van der Waals surface area contributed by atoms with Gasteiger partial charge in [-0.25, -0.2) is 18.7 Å². The normalized spacial score (nSPS) is 17.5. The average molecular weight is 420 g/mol. The van der Waals surface area contributed by atoms with E-state index in [0.29, 0.717) is 22.0 Å². The summed E-state index contributed by atoms with van der Waals surface area (Å²) in [5.74, 6) is -2.51. The van der Waals surface area contributed by atoms with Crippen molar-refractivity contribution >= 4 is 28.4 Å². The number of halogens is 3. The fourth-order valence-electron chi connectivity index (χ4n) is 3.62. The van der Waals surface area contributed by atoms with Gasteiger partial charge in [-0.1, -0.05) is 11.6 Å². The van der Waals surface area contributed by atoms with Gasteiger partial charge in [0.1, 0.15) is 5.82 Å². The molecule has 2 aromatic heterocycles. The second-order valence-corrected chi connectivity index (χ2v) is 7.61. The first kappa shape index (κ1) is 19.7. The van der Waals surface area contributed by atoms with Crippen LogP contribution in [0.3, 0.4) is 0 Å². The number of aromatic amines is 1. The summed E-state index contributed by atoms with van der Waals surface area (Å²) in [4.78, 5) is 25.8. The predicted molar refractivity (Wildman–Crippen MR) is 106 cm³/mol. The van der Waals surface area contributed by atoms with Gasteiger partial charge >= 0.3 is 0 Å². The molecule has 4 rings (SSSR count). The van der Waals surface area contributed by atoms with E-state index in [-0.39, 0.29) is 32.0 Å². The van der Waals surface area contributed by atoms with Gasteiger partial charge in [-0.15, -0.1) is 0 Å². The van der Waals surface area contributed by atoms with E-state index >= 15 is 0 Å². The molecule has 1 amide bonds. The van der Waals surface area contributed by atoms with Crippen molar-refractivity contribution in [3.8, 4) is 0 Å². The van der Waals surface area contributed by atoms with Crippen molar-refractivity contribution in [1.82, 2.24) is 25.2 Å². The van der Waals surface area contributed by atoms with Crippen molar-refractivity contribution in [2.75, 3.05) is 19.6 Å². The number of H-pyrrole nitrogens is 1. The maximum absolute atomic E-state index is 13.8. The smallest absolute Gasteiger partial charge is 0.261 e. The van der Waals surface area contributed by atoms with Crippen LogP contribution in [-0.2, 0) is 0 Å². The number of likely N-dealkylation sites (tertiary alicyclic amines) is 1. The van der Waals surface area contributed by atoms with Crippen LogP contribution < -0.4 is 5.32 Å². The minimum atomic E-state index is -2.74. The number of benzene rings is 1. The van der Waals surface area contributed by atoms with Crippen molar-refractivity contribution in [2.24, 2.45) is 0 Å². The summed E-state index contributed by atoms with van der Waals surface area (Å²) in [6.45, 7) is 1.77. The molecule has 0 radical (unpaired) electrons. The van der Waals surface area contributed by atoms with E-state index in [4.69, 9.17) is 11.6 Å². The highest BCUT2D eigenvalue weighted by atomic mass is 35.5. The molecule has 9 heteroatoms. The molecule has 1 aliphatic heterocycles. The number of rotatable bonds is 5. The number of carbonyl (C=O) groups excluding carboxylic acids is 1. The van der Waals surface area contributed by atoms with Gasteiger partial charge in [0.05, 0.1) is 23.2 Å². The Bertz CT molecular complexity index is 1040. The molecular weight excluding hydrogens is 400 g/mol. The molecule has 152 valence electrons. The Morgan fingerprint density at radius 1 is 1.34 bits per heavy atom. The van der Waals surface area contributed by atoms with Crippen LogP contribution in [0.15, 0.2) is 36.8 Å². The van der Waals surface area contributed by atoms with Crippen molar-refractivity contribution < 1.29 is 13.6 Å². The number of carbonyl (C=O) groups is 1. The highest BCUT2D eigenvalue weighted by molar-refractivity contribution is 6.38. The van der Waals surface area contributed by atoms with E-state index in [2.05, 4.69) is 20.3 Å². The number of hydrogen-bond acceptors (Lipinski definition) is 4. The summed E-state index contributed by atoms with van der Waals surface area (Å²) in [7, 11) is 0. The molecule has 3 aromatic rings. The maximum atomic E-state index is 13.8. The second-order valence-electron chi connectivity index (χ2n) is 7.23. The lowest BCUT2D eigenvalue weighted by atomic mass is 10.1. The first-order valence-corrected chi connectivity index (χ1v) is 9.66. The molecule has 1 atom stereocenters. The van der Waals surface area contributed by atoms with Crippen LogP contribution in [0.4, 0.5) is 8.78 Å². The molecule has 0 saturated carbocycles. The quantitative estimate of drug-likeness (QED) is 0.660. The summed E-state index contributed by atoms with van der Waals surface area (Å²) in [5.41, 5.74) is 1.85. The molecule has 2 N–H and O–H groups in total. The molecule has 0 bridgehead atoms. The highest BCUT2D eigenvalue weighted by Gasteiger charge is 2.41. The molecule has 1 unspecified atom stereocenters. The minimum absolute atomic E-state index is 0.142. The third-order valence-electron chi connectivity index (χ3n) is 5.19. The summed E-state index contributed by atoms with van der Waals surface area (Å²) in [6.07, 6.45) is 4.78. The maximum Gasteiger partial charge on any atom is 0.261 e. The van der Waals surface area contributed by atoms with E-state index in [1.54, 1.807) is 48.6 Å². The Hall–Kier alpha value is -2.58. The van der Waals surface area contributed by atoms with Crippen molar-refractivity contribution in [3.63, 3.8) is 0 Å². The largest absolute Gasteiger partial charge is 0.361 e. The average Bonchev–Trinajstić information content (AvgIpc) is 3.30. The summed E-state index contributed by atoms with van der Waals surface area (Å²) in [6, 6.07) is 4.77. The van der Waals surface area contributed by atoms with E-state index in [1.165, 1.54) is 0 Å². The summed E-state index contributed by atoms with van der Waals surface area (Å²) >= 11 is 6.38. The van der Waals surface area contributed by atoms with E-state index < -0.39 is 12.0 Å². The molecule has 0 aliphatic carbocycles. The Balaban J connectivity index is 1.54. The van der Waals surface area contributed by atoms with Gasteiger partial charge in [-0.2, -0.15) is 0 Å². The van der Waals surface area contributed by atoms with Gasteiger partial charge in [0.25, 0.3) is 11.8 Å². The lowest BCUT2D eigenvalue weighted by Gasteiger charge is -2.28. The number of nitrogens with zero attached hydrogens (tertiary/aromatic N) is 3. The van der Waals surface area contributed by atoms with Crippen LogP contribution in [0.5, 0.6) is 0 Å². The number of fused-ring (bicyclic) bond motifs is 1. The third-order valence-corrected chi connectivity index (χ3v) is 5.60. The van der Waals surface area contributed by atoms with Crippen LogP contribution in [0.25, 0.3) is 10.9 Å². The second kappa shape index (κ2) is 7.68. The molecule has 1 fully saturated rings. The standard InChI is InChI=1S/C20H20ClF2N5O/c1-12-25-8-13(9-26-12)17(28-7-5-20(22,23)11-28)10-27-19(29)15-2-3-16-14(18(15)21)4-6-24-16/h2-4,6,8-9,17,24H,5,7,10-11H2,1H3,(H,27,29). The fraction of sp³-hybridized carbons (Fsp3) is 0.350. The SMILES string of the molecule is Cc1ncc(C(CNC(=O)c2ccc3[nH]ccc3c2Cl)N2CCC(F)(F)C2)cn1. The van der Waals surface area contributed by atoms with Crippen LogP contribution in [0, 0.1) is 6.92 Å². The van der Waals surface area contributed by atoms with E-state index in [0.717, 1.165) is 10.9 Å². The Morgan fingerprint density at radius 2 is 2.10 bits per heavy atom. The predicted octanol–water partition coefficient (Wildman–Crippen LogP) is 3.73. The zero-order valence-corrected chi connectivity index (χ0v) is 16.5. The molecule has 3 heterocycles. The number of nitrogens with one attached hydrogen (secondary N) is 2. The van der Waals surface area contributed by atoms with Crippen LogP contribution in [0.2, 0.25) is 5.02 Å². The molecule has 1 aromatic carbocycles. The highest BCUT2D eigenvalue weighted by Crippen LogP contribution is 2.33. The summed E-state index contributed by atoms with van der Waals surface area (Å²) in [5, 5.41) is 3.94. The van der Waals surface area contributed by atoms with Gasteiger partial charge in [-0.3, -0.25) is 9.69 Å². The zero-order valence-electron chi connectivity index (χ0n) is 15.8. The minimum Gasteiger partial charge on any atom is -0.361 e. The molecule has 29 heavy (non-hydrogen) atoms. The van der Waals surface area contributed by atoms with Gasteiger partial charge in [-0.05, 0) is 25.1 Å². The molecule has 0 spiro atoms. The molecule has 1 aliphatic rings. The monoisotopic (exact) mass is 419 g/mol. The van der Waals surface area contributed by atoms with Gasteiger partial charge in [0.2, 0.25) is 0 Å². The van der Waals surface area contributed by atoms with Crippen molar-refractivity contribution in [2.45, 2.75) is 25.3 Å². The lowest BCUT2D eigenvalue weighted by Crippen LogP contribution is -2.38. The molecular formula is C20H20ClF2N5O. The van der Waals surface area contributed by atoms with Gasteiger partial charge < -0.3 is 10.3 Å². The van der Waals surface area contributed by atoms with Crippen molar-refractivity contribution in [3.05, 3.63) is 58.8 Å². The van der Waals surface area contributed by atoms with Crippen LogP contribution in [-0.4, -0.2) is 51.3 Å². The Kier molecular flexibility index (Phi) is 5.23. The Labute approximate surface area is 171 Å². The number of hydrogen-bond donors (Lipinski definition) is 2. The molecule has 1 saturated heterocycles. The Morgan fingerprint density at radius 3 is 2.79 bits per heavy atom. The summed E-state index contributed by atoms with van der Waals surface area (Å²) < 4.78 is 27.6. The van der Waals surface area contributed by atoms with Gasteiger partial charge in [0.15, 0.2) is 0 Å². The zero-order chi connectivity index (χ0) is 20.6. The first-order valence-electron chi connectivity index (χ1n) is 9.28. The van der Waals surface area contributed by atoms with Crippen LogP contribution >= 0.6 is 11.6 Å². The lowest BCUT2D eigenvalue weighted by molar-refractivity contribution is 0.00753. The third kappa shape index (κ3) is 4.09. The van der Waals surface area contributed by atoms with Crippen LogP contribution in [0.1, 0.15) is 34.2 Å². The number of aromatic nitrogens is 3. The molecule has 6 nitrogen and oxygen atoms in total. The first-order chi connectivity index (χ1) is 13.8.